The van der Waals surface area contributed by atoms with E-state index < -0.39 is 9.84 Å². The molecule has 1 aromatic carbocycles. The molecule has 0 amide bonds. The molecule has 1 aliphatic heterocycles. The molecule has 158 valence electrons. The van der Waals surface area contributed by atoms with Gasteiger partial charge in [0.15, 0.2) is 0 Å². The van der Waals surface area contributed by atoms with Gasteiger partial charge in [-0.2, -0.15) is 0 Å². The maximum absolute atomic E-state index is 12.7. The summed E-state index contributed by atoms with van der Waals surface area (Å²) in [5.74, 6) is 0.0507. The Morgan fingerprint density at radius 2 is 1.87 bits per heavy atom. The summed E-state index contributed by atoms with van der Waals surface area (Å²) in [7, 11) is -3.39. The van der Waals surface area contributed by atoms with Crippen LogP contribution in [0.4, 0.5) is 0 Å². The van der Waals surface area contributed by atoms with Gasteiger partial charge in [0.25, 0.3) is 0 Å². The summed E-state index contributed by atoms with van der Waals surface area (Å²) < 4.78 is 27.2. The lowest BCUT2D eigenvalue weighted by Crippen LogP contribution is -2.25. The highest BCUT2D eigenvalue weighted by Gasteiger charge is 2.29. The number of sulfone groups is 1. The van der Waals surface area contributed by atoms with Crippen LogP contribution in [0.25, 0.3) is 0 Å². The fourth-order valence-electron chi connectivity index (χ4n) is 4.15. The van der Waals surface area contributed by atoms with Crippen LogP contribution in [0.3, 0.4) is 0 Å². The Labute approximate surface area is 178 Å². The second-order valence-electron chi connectivity index (χ2n) is 7.71. The van der Waals surface area contributed by atoms with Crippen LogP contribution in [-0.4, -0.2) is 40.2 Å². The monoisotopic (exact) mass is 424 g/mol. The number of benzene rings is 1. The third-order valence-electron chi connectivity index (χ3n) is 5.78. The van der Waals surface area contributed by atoms with Gasteiger partial charge in [-0.15, -0.1) is 0 Å². The Bertz CT molecular complexity index is 1070. The zero-order valence-corrected chi connectivity index (χ0v) is 18.1. The second kappa shape index (κ2) is 9.10. The fraction of sp³-hybridized carbons (Fsp3) is 0.391. The predicted molar refractivity (Wildman–Crippen MR) is 117 cm³/mol. The van der Waals surface area contributed by atoms with Gasteiger partial charge in [0, 0.05) is 19.3 Å². The molecular formula is C23H28N4O2S. The summed E-state index contributed by atoms with van der Waals surface area (Å²) in [5.41, 5.74) is 3.21. The third kappa shape index (κ3) is 4.47. The first-order valence-electron chi connectivity index (χ1n) is 10.5. The van der Waals surface area contributed by atoms with E-state index in [1.165, 1.54) is 5.56 Å². The Balaban J connectivity index is 1.61. The second-order valence-corrected chi connectivity index (χ2v) is 9.88. The molecule has 0 aliphatic carbocycles. The van der Waals surface area contributed by atoms with Crippen LogP contribution in [0.1, 0.15) is 42.8 Å². The summed E-state index contributed by atoms with van der Waals surface area (Å²) in [6, 6.07) is 16.4. The molecule has 0 unspecified atom stereocenters. The summed E-state index contributed by atoms with van der Waals surface area (Å²) in [4.78, 5) is 11.3. The number of hydrogen-bond acceptors (Lipinski definition) is 5. The highest BCUT2D eigenvalue weighted by atomic mass is 32.2. The average Bonchev–Trinajstić information content (AvgIpc) is 3.41. The van der Waals surface area contributed by atoms with Gasteiger partial charge in [0.2, 0.25) is 15.0 Å². The zero-order chi connectivity index (χ0) is 21.0. The normalized spacial score (nSPS) is 17.4. The van der Waals surface area contributed by atoms with E-state index in [2.05, 4.69) is 33.1 Å². The van der Waals surface area contributed by atoms with E-state index >= 15 is 0 Å². The van der Waals surface area contributed by atoms with Gasteiger partial charge in [-0.1, -0.05) is 43.3 Å². The molecule has 0 saturated carbocycles. The average molecular weight is 425 g/mol. The molecule has 1 fully saturated rings. The first-order valence-corrected chi connectivity index (χ1v) is 12.2. The van der Waals surface area contributed by atoms with E-state index in [-0.39, 0.29) is 17.0 Å². The van der Waals surface area contributed by atoms with Crippen LogP contribution in [0.15, 0.2) is 66.1 Å². The van der Waals surface area contributed by atoms with Gasteiger partial charge >= 0.3 is 0 Å². The molecule has 2 aromatic heterocycles. The van der Waals surface area contributed by atoms with E-state index in [1.807, 2.05) is 41.1 Å². The molecular weight excluding hydrogens is 396 g/mol. The number of pyridine rings is 1. The molecule has 3 aromatic rings. The molecule has 30 heavy (non-hydrogen) atoms. The van der Waals surface area contributed by atoms with Crippen molar-refractivity contribution < 1.29 is 8.42 Å². The lowest BCUT2D eigenvalue weighted by Gasteiger charge is -2.24. The standard InChI is InChI=1S/C23H28N4O2S/c1-2-30(28,29)23-25-17-20(27(23)16-13-19-9-4-3-5-10-19)18-26-15-8-12-22(26)21-11-6-7-14-24-21/h3-7,9-11,14,17,22H,2,8,12-13,15-16,18H2,1H3/t22-/m0/s1. The number of nitrogens with zero attached hydrogens (tertiary/aromatic N) is 4. The first-order chi connectivity index (χ1) is 14.6. The molecule has 3 heterocycles. The minimum atomic E-state index is -3.39. The van der Waals surface area contributed by atoms with Crippen LogP contribution in [0.2, 0.25) is 0 Å². The minimum absolute atomic E-state index is 0.0507. The zero-order valence-electron chi connectivity index (χ0n) is 17.3. The fourth-order valence-corrected chi connectivity index (χ4v) is 5.17. The minimum Gasteiger partial charge on any atom is -0.317 e. The van der Waals surface area contributed by atoms with Crippen molar-refractivity contribution in [2.24, 2.45) is 0 Å². The lowest BCUT2D eigenvalue weighted by atomic mass is 10.1. The van der Waals surface area contributed by atoms with Crippen LogP contribution in [0, 0.1) is 0 Å². The van der Waals surface area contributed by atoms with Gasteiger partial charge in [0.05, 0.1) is 29.4 Å². The molecule has 0 N–H and O–H groups in total. The molecule has 0 radical (unpaired) electrons. The predicted octanol–water partition coefficient (Wildman–Crippen LogP) is 3.65. The van der Waals surface area contributed by atoms with Crippen molar-refractivity contribution in [1.82, 2.24) is 19.4 Å². The Kier molecular flexibility index (Phi) is 6.29. The van der Waals surface area contributed by atoms with Gasteiger partial charge in [-0.25, -0.2) is 13.4 Å². The van der Waals surface area contributed by atoms with E-state index in [4.69, 9.17) is 0 Å². The van der Waals surface area contributed by atoms with Crippen molar-refractivity contribution in [3.63, 3.8) is 0 Å². The molecule has 0 spiro atoms. The van der Waals surface area contributed by atoms with Crippen LogP contribution < -0.4 is 0 Å². The number of imidazole rings is 1. The first kappa shape index (κ1) is 20.8. The summed E-state index contributed by atoms with van der Waals surface area (Å²) in [6.45, 7) is 3.90. The highest BCUT2D eigenvalue weighted by molar-refractivity contribution is 7.91. The summed E-state index contributed by atoms with van der Waals surface area (Å²) >= 11 is 0. The van der Waals surface area contributed by atoms with Crippen molar-refractivity contribution >= 4 is 9.84 Å². The van der Waals surface area contributed by atoms with E-state index in [0.717, 1.165) is 37.2 Å². The van der Waals surface area contributed by atoms with Crippen LogP contribution in [-0.2, 0) is 29.3 Å². The van der Waals surface area contributed by atoms with Crippen molar-refractivity contribution in [3.05, 3.63) is 77.9 Å². The van der Waals surface area contributed by atoms with Gasteiger partial charge in [-0.3, -0.25) is 9.88 Å². The molecule has 6 nitrogen and oxygen atoms in total. The van der Waals surface area contributed by atoms with Crippen molar-refractivity contribution in [2.45, 2.75) is 50.5 Å². The van der Waals surface area contributed by atoms with Gasteiger partial charge in [0.1, 0.15) is 0 Å². The highest BCUT2D eigenvalue weighted by Crippen LogP contribution is 2.32. The molecule has 0 bridgehead atoms. The summed E-state index contributed by atoms with van der Waals surface area (Å²) in [6.07, 6.45) is 6.51. The largest absolute Gasteiger partial charge is 0.317 e. The molecule has 1 saturated heterocycles. The molecule has 4 rings (SSSR count). The van der Waals surface area contributed by atoms with Crippen molar-refractivity contribution in [1.29, 1.82) is 0 Å². The van der Waals surface area contributed by atoms with E-state index in [1.54, 1.807) is 13.1 Å². The molecule has 1 atom stereocenters. The molecule has 7 heteroatoms. The van der Waals surface area contributed by atoms with Crippen molar-refractivity contribution in [3.8, 4) is 0 Å². The number of likely N-dealkylation sites (tertiary alicyclic amines) is 1. The number of aryl methyl sites for hydroxylation is 1. The molecule has 1 aliphatic rings. The number of rotatable bonds is 8. The van der Waals surface area contributed by atoms with Gasteiger partial charge < -0.3 is 4.57 Å². The van der Waals surface area contributed by atoms with E-state index in [0.29, 0.717) is 13.1 Å². The SMILES string of the molecule is CCS(=O)(=O)c1ncc(CN2CCC[C@H]2c2ccccn2)n1CCc1ccccc1. The van der Waals surface area contributed by atoms with Gasteiger partial charge in [-0.05, 0) is 43.5 Å². The third-order valence-corrected chi connectivity index (χ3v) is 7.43. The number of aromatic nitrogens is 3. The van der Waals surface area contributed by atoms with Crippen LogP contribution in [0.5, 0.6) is 0 Å². The van der Waals surface area contributed by atoms with E-state index in [9.17, 15) is 8.42 Å². The van der Waals surface area contributed by atoms with Crippen molar-refractivity contribution in [2.75, 3.05) is 12.3 Å². The maximum Gasteiger partial charge on any atom is 0.227 e. The maximum atomic E-state index is 12.7. The summed E-state index contributed by atoms with van der Waals surface area (Å²) in [5, 5.41) is 0.185. The Morgan fingerprint density at radius 3 is 2.60 bits per heavy atom. The Hall–Kier alpha value is -2.51. The Morgan fingerprint density at radius 1 is 1.07 bits per heavy atom. The number of hydrogen-bond donors (Lipinski definition) is 0. The smallest absolute Gasteiger partial charge is 0.227 e. The van der Waals surface area contributed by atoms with Crippen LogP contribution >= 0.6 is 0 Å². The lowest BCUT2D eigenvalue weighted by molar-refractivity contribution is 0.237. The quantitative estimate of drug-likeness (QED) is 0.552. The topological polar surface area (TPSA) is 68.1 Å².